The summed E-state index contributed by atoms with van der Waals surface area (Å²) in [7, 11) is 0. The highest BCUT2D eigenvalue weighted by atomic mass is 16.5. The van der Waals surface area contributed by atoms with Gasteiger partial charge in [-0.25, -0.2) is 0 Å². The van der Waals surface area contributed by atoms with Crippen LogP contribution < -0.4 is 9.47 Å². The van der Waals surface area contributed by atoms with Gasteiger partial charge in [0.2, 0.25) is 0 Å². The molecule has 0 saturated carbocycles. The molecular weight excluding hydrogens is 402 g/mol. The van der Waals surface area contributed by atoms with E-state index in [9.17, 15) is 19.5 Å². The van der Waals surface area contributed by atoms with E-state index in [2.05, 4.69) is 0 Å². The van der Waals surface area contributed by atoms with Gasteiger partial charge in [-0.1, -0.05) is 12.1 Å². The SMILES string of the molecule is CCOc1cccc(C(=O)N2CCOC[C@H]2CCOc2cccc(O)c2C=O)c1C=O. The minimum atomic E-state index is -0.275. The van der Waals surface area contributed by atoms with Crippen LogP contribution in [0, 0.1) is 0 Å². The third kappa shape index (κ3) is 5.03. The third-order valence-electron chi connectivity index (χ3n) is 5.07. The topological polar surface area (TPSA) is 102 Å². The molecule has 8 heteroatoms. The van der Waals surface area contributed by atoms with Gasteiger partial charge < -0.3 is 24.2 Å². The summed E-state index contributed by atoms with van der Waals surface area (Å²) >= 11 is 0. The van der Waals surface area contributed by atoms with E-state index < -0.39 is 0 Å². The number of aromatic hydroxyl groups is 1. The fraction of sp³-hybridized carbons (Fsp3) is 0.348. The monoisotopic (exact) mass is 427 g/mol. The lowest BCUT2D eigenvalue weighted by Gasteiger charge is -2.36. The van der Waals surface area contributed by atoms with Crippen LogP contribution >= 0.6 is 0 Å². The predicted octanol–water partition coefficient (Wildman–Crippen LogP) is 2.73. The number of phenols is 1. The van der Waals surface area contributed by atoms with Gasteiger partial charge in [-0.15, -0.1) is 0 Å². The Bertz CT molecular complexity index is 944. The number of carbonyl (C=O) groups is 3. The summed E-state index contributed by atoms with van der Waals surface area (Å²) in [6.45, 7) is 3.51. The van der Waals surface area contributed by atoms with Gasteiger partial charge in [-0.2, -0.15) is 0 Å². The van der Waals surface area contributed by atoms with Crippen molar-refractivity contribution in [1.82, 2.24) is 4.90 Å². The molecule has 1 heterocycles. The van der Waals surface area contributed by atoms with Crippen LogP contribution in [-0.2, 0) is 4.74 Å². The van der Waals surface area contributed by atoms with E-state index in [0.717, 1.165) is 0 Å². The maximum Gasteiger partial charge on any atom is 0.255 e. The number of benzene rings is 2. The van der Waals surface area contributed by atoms with Crippen LogP contribution in [0.3, 0.4) is 0 Å². The predicted molar refractivity (Wildman–Crippen MR) is 112 cm³/mol. The fourth-order valence-corrected chi connectivity index (χ4v) is 3.53. The Morgan fingerprint density at radius 2 is 1.84 bits per heavy atom. The molecule has 1 N–H and O–H groups in total. The fourth-order valence-electron chi connectivity index (χ4n) is 3.53. The lowest BCUT2D eigenvalue weighted by Crippen LogP contribution is -2.49. The van der Waals surface area contributed by atoms with Crippen molar-refractivity contribution in [2.24, 2.45) is 0 Å². The third-order valence-corrected chi connectivity index (χ3v) is 5.07. The molecule has 2 aromatic rings. The molecule has 1 fully saturated rings. The number of carbonyl (C=O) groups excluding carboxylic acids is 3. The first-order chi connectivity index (χ1) is 15.1. The van der Waals surface area contributed by atoms with Crippen LogP contribution in [0.1, 0.15) is 44.4 Å². The minimum absolute atomic E-state index is 0.0821. The maximum atomic E-state index is 13.3. The molecule has 1 atom stereocenters. The van der Waals surface area contributed by atoms with Crippen LogP contribution in [0.4, 0.5) is 0 Å². The Hall–Kier alpha value is -3.39. The highest BCUT2D eigenvalue weighted by Crippen LogP contribution is 2.27. The molecule has 31 heavy (non-hydrogen) atoms. The highest BCUT2D eigenvalue weighted by Gasteiger charge is 2.30. The van der Waals surface area contributed by atoms with Gasteiger partial charge in [0, 0.05) is 13.0 Å². The highest BCUT2D eigenvalue weighted by molar-refractivity contribution is 6.03. The second-order valence-corrected chi connectivity index (χ2v) is 6.94. The summed E-state index contributed by atoms with van der Waals surface area (Å²) < 4.78 is 16.7. The quantitative estimate of drug-likeness (QED) is 0.614. The van der Waals surface area contributed by atoms with E-state index >= 15 is 0 Å². The van der Waals surface area contributed by atoms with Crippen molar-refractivity contribution in [2.75, 3.05) is 33.0 Å². The van der Waals surface area contributed by atoms with Crippen molar-refractivity contribution in [2.45, 2.75) is 19.4 Å². The molecule has 1 aliphatic rings. The standard InChI is InChI=1S/C23H25NO7/c1-2-30-21-7-3-5-17(18(21)13-25)23(28)24-10-12-29-15-16(24)9-11-31-22-8-4-6-20(27)19(22)14-26/h3-8,13-14,16,27H,2,9-12,15H2,1H3/t16-/m1/s1. The molecular formula is C23H25NO7. The lowest BCUT2D eigenvalue weighted by molar-refractivity contribution is -0.00748. The van der Waals surface area contributed by atoms with Gasteiger partial charge in [0.05, 0.1) is 49.2 Å². The molecule has 1 amide bonds. The Morgan fingerprint density at radius 3 is 2.55 bits per heavy atom. The Morgan fingerprint density at radius 1 is 1.13 bits per heavy atom. The van der Waals surface area contributed by atoms with E-state index in [1.165, 1.54) is 6.07 Å². The van der Waals surface area contributed by atoms with Gasteiger partial charge in [0.1, 0.15) is 17.2 Å². The van der Waals surface area contributed by atoms with Gasteiger partial charge in [-0.05, 0) is 31.2 Å². The van der Waals surface area contributed by atoms with Crippen molar-refractivity contribution in [1.29, 1.82) is 0 Å². The number of aldehydes is 2. The van der Waals surface area contributed by atoms with Gasteiger partial charge in [0.25, 0.3) is 5.91 Å². The average molecular weight is 427 g/mol. The minimum Gasteiger partial charge on any atom is -0.507 e. The lowest BCUT2D eigenvalue weighted by atomic mass is 10.0. The largest absolute Gasteiger partial charge is 0.507 e. The molecule has 0 aliphatic carbocycles. The molecule has 0 unspecified atom stereocenters. The molecule has 3 rings (SSSR count). The number of morpholine rings is 1. The first-order valence-electron chi connectivity index (χ1n) is 10.1. The zero-order chi connectivity index (χ0) is 22.2. The molecule has 0 radical (unpaired) electrons. The number of hydrogen-bond acceptors (Lipinski definition) is 7. The number of amides is 1. The Balaban J connectivity index is 1.73. The van der Waals surface area contributed by atoms with Crippen LogP contribution in [0.15, 0.2) is 36.4 Å². The average Bonchev–Trinajstić information content (AvgIpc) is 2.79. The summed E-state index contributed by atoms with van der Waals surface area (Å²) in [5, 5.41) is 9.77. The molecule has 164 valence electrons. The summed E-state index contributed by atoms with van der Waals surface area (Å²) in [5.74, 6) is 0.225. The maximum absolute atomic E-state index is 13.3. The van der Waals surface area contributed by atoms with Crippen LogP contribution in [0.25, 0.3) is 0 Å². The summed E-state index contributed by atoms with van der Waals surface area (Å²) in [5.41, 5.74) is 0.593. The second-order valence-electron chi connectivity index (χ2n) is 6.94. The van der Waals surface area contributed by atoms with Crippen molar-refractivity contribution in [3.8, 4) is 17.2 Å². The molecule has 8 nitrogen and oxygen atoms in total. The zero-order valence-electron chi connectivity index (χ0n) is 17.3. The Labute approximate surface area is 180 Å². The normalized spacial score (nSPS) is 15.9. The molecule has 0 aromatic heterocycles. The second kappa shape index (κ2) is 10.6. The zero-order valence-corrected chi connectivity index (χ0v) is 17.3. The van der Waals surface area contributed by atoms with E-state index in [1.54, 1.807) is 35.2 Å². The molecule has 2 aromatic carbocycles. The number of hydrogen-bond donors (Lipinski definition) is 1. The van der Waals surface area contributed by atoms with Crippen LogP contribution in [0.5, 0.6) is 17.2 Å². The van der Waals surface area contributed by atoms with Crippen LogP contribution in [-0.4, -0.2) is 67.5 Å². The van der Waals surface area contributed by atoms with Gasteiger partial charge in [0.15, 0.2) is 12.6 Å². The van der Waals surface area contributed by atoms with Gasteiger partial charge in [-0.3, -0.25) is 14.4 Å². The summed E-state index contributed by atoms with van der Waals surface area (Å²) in [6.07, 6.45) is 1.62. The first-order valence-corrected chi connectivity index (χ1v) is 10.1. The smallest absolute Gasteiger partial charge is 0.255 e. The summed E-state index contributed by atoms with van der Waals surface area (Å²) in [4.78, 5) is 37.8. The van der Waals surface area contributed by atoms with E-state index in [1.807, 2.05) is 6.92 Å². The van der Waals surface area contributed by atoms with Crippen molar-refractivity contribution in [3.63, 3.8) is 0 Å². The van der Waals surface area contributed by atoms with Crippen molar-refractivity contribution in [3.05, 3.63) is 53.1 Å². The number of nitrogens with zero attached hydrogens (tertiary/aromatic N) is 1. The summed E-state index contributed by atoms with van der Waals surface area (Å²) in [6, 6.07) is 9.28. The number of ether oxygens (including phenoxy) is 3. The number of rotatable bonds is 9. The number of phenolic OH excluding ortho intramolecular Hbond substituents is 1. The molecule has 1 aliphatic heterocycles. The van der Waals surface area contributed by atoms with E-state index in [0.29, 0.717) is 51.1 Å². The molecule has 1 saturated heterocycles. The van der Waals surface area contributed by atoms with Crippen molar-refractivity contribution >= 4 is 18.5 Å². The van der Waals surface area contributed by atoms with Crippen molar-refractivity contribution < 1.29 is 33.7 Å². The molecule has 0 bridgehead atoms. The van der Waals surface area contributed by atoms with E-state index in [4.69, 9.17) is 14.2 Å². The Kier molecular flexibility index (Phi) is 7.61. The van der Waals surface area contributed by atoms with E-state index in [-0.39, 0.29) is 46.7 Å². The van der Waals surface area contributed by atoms with Crippen LogP contribution in [0.2, 0.25) is 0 Å². The first kappa shape index (κ1) is 22.3. The van der Waals surface area contributed by atoms with Gasteiger partial charge >= 0.3 is 0 Å². The molecule has 0 spiro atoms.